The van der Waals surface area contributed by atoms with Crippen molar-refractivity contribution >= 4 is 18.3 Å². The number of fused-ring (bicyclic) bond motifs is 2. The molecule has 1 aromatic heterocycles. The predicted molar refractivity (Wildman–Crippen MR) is 123 cm³/mol. The highest BCUT2D eigenvalue weighted by Gasteiger charge is 2.55. The Bertz CT molecular complexity index is 1400. The van der Waals surface area contributed by atoms with Crippen LogP contribution in [0.4, 0.5) is 8.63 Å². The summed E-state index contributed by atoms with van der Waals surface area (Å²) in [6.45, 7) is 3.20. The maximum atomic E-state index is 15.7. The average molecular weight is 432 g/mol. The van der Waals surface area contributed by atoms with Crippen molar-refractivity contribution in [1.29, 1.82) is 0 Å². The highest BCUT2D eigenvalue weighted by atomic mass is 19.2. The summed E-state index contributed by atoms with van der Waals surface area (Å²) in [5.74, 6) is -0.366. The molecule has 0 spiro atoms. The number of benzene rings is 2. The highest BCUT2D eigenvalue weighted by Crippen LogP contribution is 2.44. The molecule has 0 unspecified atom stereocenters. The summed E-state index contributed by atoms with van der Waals surface area (Å²) in [6, 6.07) is 14.1. The predicted octanol–water partition coefficient (Wildman–Crippen LogP) is 5.61. The summed E-state index contributed by atoms with van der Waals surface area (Å²) in [5, 5.41) is 19.4. The van der Waals surface area contributed by atoms with Crippen molar-refractivity contribution in [3.05, 3.63) is 88.4 Å². The van der Waals surface area contributed by atoms with E-state index in [2.05, 4.69) is 0 Å². The van der Waals surface area contributed by atoms with Gasteiger partial charge in [-0.3, -0.25) is 0 Å². The van der Waals surface area contributed by atoms with Crippen molar-refractivity contribution in [2.45, 2.75) is 27.7 Å². The first-order chi connectivity index (χ1) is 15.1. The van der Waals surface area contributed by atoms with Gasteiger partial charge in [-0.1, -0.05) is 30.3 Å². The fraction of sp³-hybridized carbons (Fsp3) is 0.160. The molecule has 32 heavy (non-hydrogen) atoms. The molecule has 4 nitrogen and oxygen atoms in total. The summed E-state index contributed by atoms with van der Waals surface area (Å²) in [7, 11) is 0. The number of aromatic nitrogens is 1. The van der Waals surface area contributed by atoms with Gasteiger partial charge in [-0.15, -0.1) is 0 Å². The number of rotatable bonds is 2. The van der Waals surface area contributed by atoms with Gasteiger partial charge in [-0.05, 0) is 66.9 Å². The average Bonchev–Trinajstić information content (AvgIpc) is 3.21. The van der Waals surface area contributed by atoms with Crippen molar-refractivity contribution in [1.82, 2.24) is 4.48 Å². The lowest BCUT2D eigenvalue weighted by Crippen LogP contribution is -2.51. The van der Waals surface area contributed by atoms with E-state index in [9.17, 15) is 10.2 Å². The molecule has 162 valence electrons. The molecule has 0 saturated carbocycles. The van der Waals surface area contributed by atoms with E-state index in [0.717, 1.165) is 33.4 Å². The van der Waals surface area contributed by atoms with Gasteiger partial charge in [0.15, 0.2) is 17.2 Å². The molecule has 2 aliphatic heterocycles. The molecular formula is C25H23BF2N2O2. The fourth-order valence-corrected chi connectivity index (χ4v) is 5.10. The first-order valence-corrected chi connectivity index (χ1v) is 10.5. The Morgan fingerprint density at radius 3 is 2.09 bits per heavy atom. The summed E-state index contributed by atoms with van der Waals surface area (Å²) >= 11 is 0. The summed E-state index contributed by atoms with van der Waals surface area (Å²) in [4.78, 5) is 0. The van der Waals surface area contributed by atoms with Gasteiger partial charge in [0.2, 0.25) is 0 Å². The minimum absolute atomic E-state index is 0.177. The summed E-state index contributed by atoms with van der Waals surface area (Å²) < 4.78 is 33.8. The Hall–Kier alpha value is -3.61. The van der Waals surface area contributed by atoms with Gasteiger partial charge < -0.3 is 27.8 Å². The minimum Gasteiger partial charge on any atom is -0.504 e. The van der Waals surface area contributed by atoms with E-state index in [-0.39, 0.29) is 11.5 Å². The minimum atomic E-state index is -4.00. The first kappa shape index (κ1) is 20.3. The zero-order chi connectivity index (χ0) is 22.9. The summed E-state index contributed by atoms with van der Waals surface area (Å²) in [6.07, 6.45) is 1.82. The topological polar surface area (TPSA) is 48.4 Å². The van der Waals surface area contributed by atoms with Crippen LogP contribution in [0.25, 0.3) is 16.7 Å². The number of aryl methyl sites for hydroxylation is 2. The van der Waals surface area contributed by atoms with Crippen molar-refractivity contribution in [3.63, 3.8) is 0 Å². The van der Waals surface area contributed by atoms with Crippen LogP contribution < -0.4 is 0 Å². The molecule has 0 aliphatic carbocycles. The zero-order valence-corrected chi connectivity index (χ0v) is 18.3. The molecule has 0 saturated heterocycles. The number of halogens is 2. The van der Waals surface area contributed by atoms with E-state index < -0.39 is 6.97 Å². The largest absolute Gasteiger partial charge is 0.737 e. The molecule has 7 heteroatoms. The van der Waals surface area contributed by atoms with Crippen LogP contribution in [0.3, 0.4) is 0 Å². The number of hydrogen-bond donors (Lipinski definition) is 2. The number of phenolic OH excluding ortho intramolecular Hbond substituents is 2. The first-order valence-electron chi connectivity index (χ1n) is 10.5. The number of allylic oxidation sites excluding steroid dienone is 2. The van der Waals surface area contributed by atoms with E-state index in [1.54, 1.807) is 19.9 Å². The molecular weight excluding hydrogens is 409 g/mol. The lowest BCUT2D eigenvalue weighted by molar-refractivity contribution is -0.363. The maximum Gasteiger partial charge on any atom is 0.737 e. The Morgan fingerprint density at radius 1 is 0.812 bits per heavy atom. The number of phenols is 2. The highest BCUT2D eigenvalue weighted by molar-refractivity contribution is 6.58. The van der Waals surface area contributed by atoms with Crippen LogP contribution in [0.1, 0.15) is 36.4 Å². The Labute approximate surface area is 185 Å². The number of aromatic hydroxyl groups is 2. The van der Waals surface area contributed by atoms with Gasteiger partial charge in [-0.25, -0.2) is 0 Å². The van der Waals surface area contributed by atoms with Crippen molar-refractivity contribution < 1.29 is 23.3 Å². The lowest BCUT2D eigenvalue weighted by atomic mass is 9.83. The van der Waals surface area contributed by atoms with Crippen molar-refractivity contribution in [3.8, 4) is 22.6 Å². The van der Waals surface area contributed by atoms with Crippen LogP contribution >= 0.6 is 0 Å². The fourth-order valence-electron chi connectivity index (χ4n) is 5.10. The van der Waals surface area contributed by atoms with Crippen molar-refractivity contribution in [2.24, 2.45) is 0 Å². The summed E-state index contributed by atoms with van der Waals surface area (Å²) in [5.41, 5.74) is 7.03. The van der Waals surface area contributed by atoms with Crippen LogP contribution in [0.15, 0.2) is 65.9 Å². The van der Waals surface area contributed by atoms with Crippen LogP contribution in [0.2, 0.25) is 0 Å². The van der Waals surface area contributed by atoms with Gasteiger partial charge in [0.1, 0.15) is 5.71 Å². The standard InChI is InChI=1S/C25H23BF2N2O2/c1-14-11-16(3)29-24(14)23(25-15(2)12-17(4)30(25)26(29,27)28)19-7-5-18(6-8-19)20-9-10-21(31)22(32)13-20/h5-13,31-32H,1-4H3. The second-order valence-corrected chi connectivity index (χ2v) is 8.62. The second-order valence-electron chi connectivity index (χ2n) is 8.62. The van der Waals surface area contributed by atoms with Gasteiger partial charge in [-0.2, -0.15) is 0 Å². The smallest absolute Gasteiger partial charge is 0.504 e. The molecule has 0 fully saturated rings. The van der Waals surface area contributed by atoms with E-state index in [1.165, 1.54) is 21.1 Å². The third kappa shape index (κ3) is 2.70. The van der Waals surface area contributed by atoms with Crippen LogP contribution in [0, 0.1) is 13.8 Å². The van der Waals surface area contributed by atoms with Crippen LogP contribution in [-0.4, -0.2) is 31.9 Å². The molecule has 0 atom stereocenters. The normalized spacial score (nSPS) is 16.9. The molecule has 0 bridgehead atoms. The van der Waals surface area contributed by atoms with E-state index in [0.29, 0.717) is 22.8 Å². The Balaban J connectivity index is 1.73. The molecule has 2 N–H and O–H groups in total. The quantitative estimate of drug-likeness (QED) is 0.409. The Kier molecular flexibility index (Phi) is 4.25. The zero-order valence-electron chi connectivity index (χ0n) is 18.3. The van der Waals surface area contributed by atoms with E-state index >= 15 is 8.63 Å². The van der Waals surface area contributed by atoms with E-state index in [4.69, 9.17) is 0 Å². The molecule has 0 radical (unpaired) electrons. The van der Waals surface area contributed by atoms with Gasteiger partial charge in [0.25, 0.3) is 0 Å². The molecule has 2 aliphatic rings. The number of hydrogen-bond acceptors (Lipinski definition) is 2. The van der Waals surface area contributed by atoms with Crippen LogP contribution in [0.5, 0.6) is 11.5 Å². The van der Waals surface area contributed by atoms with Gasteiger partial charge in [0, 0.05) is 24.3 Å². The second kappa shape index (κ2) is 6.69. The van der Waals surface area contributed by atoms with Gasteiger partial charge >= 0.3 is 6.97 Å². The van der Waals surface area contributed by atoms with Gasteiger partial charge in [0.05, 0.1) is 5.57 Å². The molecule has 3 heterocycles. The van der Waals surface area contributed by atoms with Crippen LogP contribution in [-0.2, 0) is 0 Å². The molecule has 0 amide bonds. The maximum absolute atomic E-state index is 15.7. The lowest BCUT2D eigenvalue weighted by Gasteiger charge is -2.34. The third-order valence-corrected chi connectivity index (χ3v) is 6.42. The number of nitrogens with zero attached hydrogens (tertiary/aromatic N) is 2. The monoisotopic (exact) mass is 432 g/mol. The Morgan fingerprint density at radius 2 is 1.44 bits per heavy atom. The third-order valence-electron chi connectivity index (χ3n) is 6.42. The molecule has 5 rings (SSSR count). The molecule has 3 aromatic rings. The van der Waals surface area contributed by atoms with Crippen molar-refractivity contribution in [2.75, 3.05) is 0 Å². The SMILES string of the molecule is CC1=CC(C)=[N+]2C1=C(c1ccc(-c3ccc(O)c(O)c3)cc1)c1c(C)cc(C)n1[B-]2(F)F. The molecule has 2 aromatic carbocycles. The van der Waals surface area contributed by atoms with E-state index in [1.807, 2.05) is 50.3 Å².